The number of ether oxygens (including phenoxy) is 1. The molecule has 2 N–H and O–H groups in total. The number of aliphatic imine (C=N–C) groups is 1. The van der Waals surface area contributed by atoms with Gasteiger partial charge in [0.25, 0.3) is 5.91 Å². The Morgan fingerprint density at radius 1 is 1.31 bits per heavy atom. The maximum atomic E-state index is 12.0. The van der Waals surface area contributed by atoms with E-state index >= 15 is 0 Å². The van der Waals surface area contributed by atoms with Gasteiger partial charge >= 0.3 is 0 Å². The van der Waals surface area contributed by atoms with Crippen LogP contribution in [0.15, 0.2) is 29.3 Å². The number of methoxy groups -OCH3 is 1. The van der Waals surface area contributed by atoms with Crippen molar-refractivity contribution >= 4 is 11.9 Å². The molecule has 1 aromatic carbocycles. The van der Waals surface area contributed by atoms with Crippen LogP contribution in [0.1, 0.15) is 42.1 Å². The molecule has 144 valence electrons. The van der Waals surface area contributed by atoms with Gasteiger partial charge < -0.3 is 20.3 Å². The van der Waals surface area contributed by atoms with Gasteiger partial charge in [0.2, 0.25) is 0 Å². The average Bonchev–Trinajstić information content (AvgIpc) is 3.12. The highest BCUT2D eigenvalue weighted by Crippen LogP contribution is 2.16. The molecule has 1 aliphatic heterocycles. The molecular weight excluding hydrogens is 328 g/mol. The van der Waals surface area contributed by atoms with Crippen LogP contribution < -0.4 is 10.6 Å². The van der Waals surface area contributed by atoms with Crippen LogP contribution in [0, 0.1) is 5.92 Å². The molecule has 1 aromatic rings. The molecule has 1 unspecified atom stereocenters. The van der Waals surface area contributed by atoms with Crippen LogP contribution in [0.5, 0.6) is 0 Å². The summed E-state index contributed by atoms with van der Waals surface area (Å²) < 4.78 is 5.26. The second kappa shape index (κ2) is 10.8. The molecular formula is C20H32N4O2. The highest BCUT2D eigenvalue weighted by atomic mass is 16.5. The molecule has 6 heteroatoms. The Bertz CT molecular complexity index is 586. The molecule has 1 atom stereocenters. The number of guanidine groups is 1. The predicted octanol–water partition coefficient (Wildman–Crippen LogP) is 2.26. The molecule has 1 fully saturated rings. The van der Waals surface area contributed by atoms with E-state index in [-0.39, 0.29) is 5.91 Å². The molecule has 1 amide bonds. The van der Waals surface area contributed by atoms with E-state index in [0.29, 0.717) is 18.0 Å². The van der Waals surface area contributed by atoms with Crippen molar-refractivity contribution in [2.75, 3.05) is 40.4 Å². The maximum Gasteiger partial charge on any atom is 0.251 e. The van der Waals surface area contributed by atoms with Gasteiger partial charge in [0.05, 0.1) is 6.61 Å². The lowest BCUT2D eigenvalue weighted by molar-refractivity contribution is 0.0953. The van der Waals surface area contributed by atoms with Crippen molar-refractivity contribution in [3.05, 3.63) is 35.4 Å². The Labute approximate surface area is 157 Å². The van der Waals surface area contributed by atoms with Crippen molar-refractivity contribution in [1.82, 2.24) is 15.5 Å². The van der Waals surface area contributed by atoms with E-state index in [9.17, 15) is 4.79 Å². The minimum atomic E-state index is -0.00461. The number of nitrogens with zero attached hydrogens (tertiary/aromatic N) is 2. The van der Waals surface area contributed by atoms with E-state index in [1.54, 1.807) is 7.11 Å². The Hall–Kier alpha value is -2.08. The van der Waals surface area contributed by atoms with Gasteiger partial charge in [-0.3, -0.25) is 9.79 Å². The predicted molar refractivity (Wildman–Crippen MR) is 105 cm³/mol. The van der Waals surface area contributed by atoms with Crippen LogP contribution in [-0.4, -0.2) is 57.2 Å². The van der Waals surface area contributed by atoms with Gasteiger partial charge in [0, 0.05) is 51.8 Å². The number of likely N-dealkylation sites (tertiary alicyclic amines) is 1. The molecule has 0 radical (unpaired) electrons. The van der Waals surface area contributed by atoms with Crippen molar-refractivity contribution < 1.29 is 9.53 Å². The second-order valence-corrected chi connectivity index (χ2v) is 6.76. The SMILES string of the molecule is CCCCNC(=O)c1ccc(CNC(=NC)N2CCC(COC)C2)cc1. The average molecular weight is 361 g/mol. The fourth-order valence-corrected chi connectivity index (χ4v) is 3.16. The van der Waals surface area contributed by atoms with Crippen LogP contribution in [0.4, 0.5) is 0 Å². The molecule has 6 nitrogen and oxygen atoms in total. The standard InChI is InChI=1S/C20H32N4O2/c1-4-5-11-22-19(25)18-8-6-16(7-9-18)13-23-20(21-2)24-12-10-17(14-24)15-26-3/h6-9,17H,4-5,10-15H2,1-3H3,(H,21,23)(H,22,25). The van der Waals surface area contributed by atoms with Crippen LogP contribution in [0.2, 0.25) is 0 Å². The zero-order valence-corrected chi connectivity index (χ0v) is 16.3. The number of carbonyl (C=O) groups excluding carboxylic acids is 1. The lowest BCUT2D eigenvalue weighted by Crippen LogP contribution is -2.39. The largest absolute Gasteiger partial charge is 0.384 e. The lowest BCUT2D eigenvalue weighted by Gasteiger charge is -2.21. The van der Waals surface area contributed by atoms with Crippen LogP contribution in [-0.2, 0) is 11.3 Å². The fourth-order valence-electron chi connectivity index (χ4n) is 3.16. The first kappa shape index (κ1) is 20.2. The number of unbranched alkanes of at least 4 members (excludes halogenated alkanes) is 1. The third-order valence-corrected chi connectivity index (χ3v) is 4.68. The van der Waals surface area contributed by atoms with Crippen LogP contribution >= 0.6 is 0 Å². The van der Waals surface area contributed by atoms with Crippen molar-refractivity contribution in [2.24, 2.45) is 10.9 Å². The number of hydrogen-bond donors (Lipinski definition) is 2. The molecule has 0 spiro atoms. The Morgan fingerprint density at radius 2 is 2.08 bits per heavy atom. The second-order valence-electron chi connectivity index (χ2n) is 6.76. The Morgan fingerprint density at radius 3 is 2.73 bits per heavy atom. The summed E-state index contributed by atoms with van der Waals surface area (Å²) in [7, 11) is 3.57. The summed E-state index contributed by atoms with van der Waals surface area (Å²) in [5.74, 6) is 1.49. The number of benzene rings is 1. The highest BCUT2D eigenvalue weighted by Gasteiger charge is 2.24. The first-order valence-electron chi connectivity index (χ1n) is 9.49. The van der Waals surface area contributed by atoms with Gasteiger partial charge in [0.15, 0.2) is 5.96 Å². The van der Waals surface area contributed by atoms with E-state index in [2.05, 4.69) is 27.4 Å². The Kier molecular flexibility index (Phi) is 8.41. The fraction of sp³-hybridized carbons (Fsp3) is 0.600. The summed E-state index contributed by atoms with van der Waals surface area (Å²) in [6.07, 6.45) is 3.22. The van der Waals surface area contributed by atoms with Gasteiger partial charge in [-0.25, -0.2) is 0 Å². The Balaban J connectivity index is 1.82. The van der Waals surface area contributed by atoms with E-state index in [1.807, 2.05) is 31.3 Å². The number of carbonyl (C=O) groups is 1. The topological polar surface area (TPSA) is 66.0 Å². The summed E-state index contributed by atoms with van der Waals surface area (Å²) in [6.45, 7) is 6.32. The summed E-state index contributed by atoms with van der Waals surface area (Å²) in [6, 6.07) is 7.75. The third-order valence-electron chi connectivity index (χ3n) is 4.68. The molecule has 0 bridgehead atoms. The van der Waals surface area contributed by atoms with Gasteiger partial charge in [-0.1, -0.05) is 25.5 Å². The van der Waals surface area contributed by atoms with Crippen molar-refractivity contribution in [2.45, 2.75) is 32.7 Å². The first-order valence-corrected chi connectivity index (χ1v) is 9.49. The number of rotatable bonds is 8. The van der Waals surface area contributed by atoms with E-state index in [4.69, 9.17) is 4.74 Å². The minimum Gasteiger partial charge on any atom is -0.384 e. The molecule has 0 saturated carbocycles. The minimum absolute atomic E-state index is 0.00461. The monoisotopic (exact) mass is 360 g/mol. The molecule has 2 rings (SSSR count). The molecule has 1 heterocycles. The highest BCUT2D eigenvalue weighted by molar-refractivity contribution is 5.94. The van der Waals surface area contributed by atoms with E-state index < -0.39 is 0 Å². The lowest BCUT2D eigenvalue weighted by atomic mass is 10.1. The molecule has 1 saturated heterocycles. The van der Waals surface area contributed by atoms with Crippen molar-refractivity contribution in [3.63, 3.8) is 0 Å². The molecule has 1 aliphatic rings. The number of nitrogens with one attached hydrogen (secondary N) is 2. The maximum absolute atomic E-state index is 12.0. The quantitative estimate of drug-likeness (QED) is 0.424. The normalized spacial score (nSPS) is 17.4. The van der Waals surface area contributed by atoms with Gasteiger partial charge in [-0.15, -0.1) is 0 Å². The summed E-state index contributed by atoms with van der Waals surface area (Å²) >= 11 is 0. The zero-order chi connectivity index (χ0) is 18.8. The first-order chi connectivity index (χ1) is 12.7. The van der Waals surface area contributed by atoms with Crippen LogP contribution in [0.25, 0.3) is 0 Å². The number of hydrogen-bond acceptors (Lipinski definition) is 3. The van der Waals surface area contributed by atoms with Crippen molar-refractivity contribution in [3.8, 4) is 0 Å². The smallest absolute Gasteiger partial charge is 0.251 e. The van der Waals surface area contributed by atoms with Crippen molar-refractivity contribution in [1.29, 1.82) is 0 Å². The van der Waals surface area contributed by atoms with Gasteiger partial charge in [0.1, 0.15) is 0 Å². The van der Waals surface area contributed by atoms with Gasteiger partial charge in [-0.05, 0) is 30.5 Å². The van der Waals surface area contributed by atoms with E-state index in [0.717, 1.165) is 57.0 Å². The van der Waals surface area contributed by atoms with E-state index in [1.165, 1.54) is 0 Å². The molecule has 26 heavy (non-hydrogen) atoms. The molecule has 0 aromatic heterocycles. The summed E-state index contributed by atoms with van der Waals surface area (Å²) in [4.78, 5) is 18.7. The summed E-state index contributed by atoms with van der Waals surface area (Å²) in [5.41, 5.74) is 1.83. The van der Waals surface area contributed by atoms with Crippen LogP contribution in [0.3, 0.4) is 0 Å². The molecule has 0 aliphatic carbocycles. The zero-order valence-electron chi connectivity index (χ0n) is 16.3. The summed E-state index contributed by atoms with van der Waals surface area (Å²) in [5, 5.41) is 6.36. The van der Waals surface area contributed by atoms with Gasteiger partial charge in [-0.2, -0.15) is 0 Å². The third kappa shape index (κ3) is 6.02. The number of amides is 1.